The number of nitrogens with one attached hydrogen (secondary N) is 1. The van der Waals surface area contributed by atoms with E-state index in [4.69, 9.17) is 16.3 Å². The number of hydrogen-bond donors (Lipinski definition) is 1. The second-order valence-electron chi connectivity index (χ2n) is 4.70. The lowest BCUT2D eigenvalue weighted by atomic mass is 10.1. The molecule has 1 atom stereocenters. The van der Waals surface area contributed by atoms with E-state index in [1.807, 2.05) is 55.5 Å². The SMILES string of the molecule is CCOC(=O)C(Nc1cc(Cl)ccc1C)c1ccccc1. The largest absolute Gasteiger partial charge is 0.464 e. The summed E-state index contributed by atoms with van der Waals surface area (Å²) in [6, 6.07) is 14.5. The Balaban J connectivity index is 2.32. The highest BCUT2D eigenvalue weighted by molar-refractivity contribution is 6.30. The van der Waals surface area contributed by atoms with Gasteiger partial charge < -0.3 is 10.1 Å². The number of aryl methyl sites for hydroxylation is 1. The van der Waals surface area contributed by atoms with Crippen LogP contribution >= 0.6 is 11.6 Å². The Bertz CT molecular complexity index is 613. The Hall–Kier alpha value is -2.00. The molecule has 0 radical (unpaired) electrons. The molecule has 0 amide bonds. The average Bonchev–Trinajstić information content (AvgIpc) is 2.49. The lowest BCUT2D eigenvalue weighted by Gasteiger charge is -2.20. The zero-order valence-electron chi connectivity index (χ0n) is 12.1. The number of anilines is 1. The number of ether oxygens (including phenoxy) is 1. The van der Waals surface area contributed by atoms with E-state index < -0.39 is 6.04 Å². The molecule has 0 aromatic heterocycles. The molecule has 1 unspecified atom stereocenters. The first-order valence-electron chi connectivity index (χ1n) is 6.86. The van der Waals surface area contributed by atoms with Crippen LogP contribution in [0.15, 0.2) is 48.5 Å². The van der Waals surface area contributed by atoms with Gasteiger partial charge >= 0.3 is 5.97 Å². The monoisotopic (exact) mass is 303 g/mol. The van der Waals surface area contributed by atoms with Crippen molar-refractivity contribution in [3.63, 3.8) is 0 Å². The molecular formula is C17H18ClNO2. The van der Waals surface area contributed by atoms with Gasteiger partial charge in [-0.15, -0.1) is 0 Å². The van der Waals surface area contributed by atoms with Crippen LogP contribution in [-0.2, 0) is 9.53 Å². The Kier molecular flexibility index (Phi) is 5.23. The van der Waals surface area contributed by atoms with Crippen LogP contribution in [0.4, 0.5) is 5.69 Å². The number of hydrogen-bond acceptors (Lipinski definition) is 3. The van der Waals surface area contributed by atoms with Crippen molar-refractivity contribution in [2.24, 2.45) is 0 Å². The molecule has 0 aliphatic rings. The lowest BCUT2D eigenvalue weighted by Crippen LogP contribution is -2.23. The molecule has 0 heterocycles. The summed E-state index contributed by atoms with van der Waals surface area (Å²) >= 11 is 6.03. The highest BCUT2D eigenvalue weighted by Crippen LogP contribution is 2.26. The molecule has 2 rings (SSSR count). The minimum absolute atomic E-state index is 0.303. The Morgan fingerprint density at radius 3 is 2.62 bits per heavy atom. The number of benzene rings is 2. The van der Waals surface area contributed by atoms with Crippen LogP contribution in [0, 0.1) is 6.92 Å². The molecule has 0 spiro atoms. The zero-order chi connectivity index (χ0) is 15.2. The van der Waals surface area contributed by atoms with Gasteiger partial charge in [-0.05, 0) is 37.1 Å². The van der Waals surface area contributed by atoms with E-state index in [0.29, 0.717) is 11.6 Å². The zero-order valence-corrected chi connectivity index (χ0v) is 12.9. The van der Waals surface area contributed by atoms with Gasteiger partial charge in [-0.25, -0.2) is 4.79 Å². The summed E-state index contributed by atoms with van der Waals surface area (Å²) in [5, 5.41) is 3.85. The highest BCUT2D eigenvalue weighted by Gasteiger charge is 2.22. The van der Waals surface area contributed by atoms with Crippen LogP contribution in [0.5, 0.6) is 0 Å². The van der Waals surface area contributed by atoms with E-state index in [1.165, 1.54) is 0 Å². The Morgan fingerprint density at radius 1 is 1.24 bits per heavy atom. The first-order valence-corrected chi connectivity index (χ1v) is 7.24. The smallest absolute Gasteiger partial charge is 0.333 e. The van der Waals surface area contributed by atoms with Gasteiger partial charge in [0.2, 0.25) is 0 Å². The molecule has 0 aliphatic heterocycles. The predicted octanol–water partition coefficient (Wildman–Crippen LogP) is 4.36. The van der Waals surface area contributed by atoms with Crippen LogP contribution in [0.25, 0.3) is 0 Å². The number of carbonyl (C=O) groups excluding carboxylic acids is 1. The maximum atomic E-state index is 12.2. The number of carbonyl (C=O) groups is 1. The van der Waals surface area contributed by atoms with Gasteiger partial charge in [-0.1, -0.05) is 48.0 Å². The van der Waals surface area contributed by atoms with Crippen LogP contribution < -0.4 is 5.32 Å². The molecule has 1 N–H and O–H groups in total. The van der Waals surface area contributed by atoms with Crippen LogP contribution in [-0.4, -0.2) is 12.6 Å². The number of esters is 1. The van der Waals surface area contributed by atoms with Gasteiger partial charge in [0.25, 0.3) is 0 Å². The Morgan fingerprint density at radius 2 is 1.95 bits per heavy atom. The van der Waals surface area contributed by atoms with E-state index >= 15 is 0 Å². The molecule has 21 heavy (non-hydrogen) atoms. The van der Waals surface area contributed by atoms with Gasteiger partial charge in [0, 0.05) is 10.7 Å². The summed E-state index contributed by atoms with van der Waals surface area (Å²) in [4.78, 5) is 12.2. The van der Waals surface area contributed by atoms with E-state index in [1.54, 1.807) is 6.92 Å². The third kappa shape index (κ3) is 3.99. The van der Waals surface area contributed by atoms with Crippen LogP contribution in [0.3, 0.4) is 0 Å². The average molecular weight is 304 g/mol. The van der Waals surface area contributed by atoms with Crippen molar-refractivity contribution in [1.82, 2.24) is 0 Å². The maximum absolute atomic E-state index is 12.2. The molecule has 0 saturated heterocycles. The fourth-order valence-electron chi connectivity index (χ4n) is 2.05. The fourth-order valence-corrected chi connectivity index (χ4v) is 2.23. The fraction of sp³-hybridized carbons (Fsp3) is 0.235. The van der Waals surface area contributed by atoms with Crippen molar-refractivity contribution in [3.05, 3.63) is 64.7 Å². The molecule has 0 fully saturated rings. The Labute approximate surface area is 129 Å². The summed E-state index contributed by atoms with van der Waals surface area (Å²) in [5.41, 5.74) is 2.70. The van der Waals surface area contributed by atoms with Gasteiger partial charge in [-0.3, -0.25) is 0 Å². The first kappa shape index (κ1) is 15.4. The predicted molar refractivity (Wildman–Crippen MR) is 85.6 cm³/mol. The lowest BCUT2D eigenvalue weighted by molar-refractivity contribution is -0.144. The van der Waals surface area contributed by atoms with Gasteiger partial charge in [0.1, 0.15) is 0 Å². The maximum Gasteiger partial charge on any atom is 0.333 e. The van der Waals surface area contributed by atoms with Gasteiger partial charge in [0.05, 0.1) is 6.61 Å². The van der Waals surface area contributed by atoms with E-state index in [0.717, 1.165) is 16.8 Å². The normalized spacial score (nSPS) is 11.8. The molecular weight excluding hydrogens is 286 g/mol. The van der Waals surface area contributed by atoms with Crippen LogP contribution in [0.2, 0.25) is 5.02 Å². The quantitative estimate of drug-likeness (QED) is 0.834. The molecule has 0 saturated carbocycles. The van der Waals surface area contributed by atoms with Crippen molar-refractivity contribution >= 4 is 23.3 Å². The third-order valence-electron chi connectivity index (χ3n) is 3.15. The second-order valence-corrected chi connectivity index (χ2v) is 5.14. The summed E-state index contributed by atoms with van der Waals surface area (Å²) < 4.78 is 5.17. The molecule has 3 nitrogen and oxygen atoms in total. The minimum Gasteiger partial charge on any atom is -0.464 e. The van der Waals surface area contributed by atoms with Crippen molar-refractivity contribution in [2.75, 3.05) is 11.9 Å². The standard InChI is InChI=1S/C17H18ClNO2/c1-3-21-17(20)16(13-7-5-4-6-8-13)19-15-11-14(18)10-9-12(15)2/h4-11,16,19H,3H2,1-2H3. The molecule has 0 aliphatic carbocycles. The molecule has 2 aromatic rings. The van der Waals surface area contributed by atoms with E-state index in [2.05, 4.69) is 5.32 Å². The summed E-state index contributed by atoms with van der Waals surface area (Å²) in [6.07, 6.45) is 0. The highest BCUT2D eigenvalue weighted by atomic mass is 35.5. The van der Waals surface area contributed by atoms with E-state index in [9.17, 15) is 4.79 Å². The minimum atomic E-state index is -0.552. The van der Waals surface area contributed by atoms with Gasteiger partial charge in [0.15, 0.2) is 6.04 Å². The van der Waals surface area contributed by atoms with Crippen molar-refractivity contribution in [2.45, 2.75) is 19.9 Å². The van der Waals surface area contributed by atoms with Gasteiger partial charge in [-0.2, -0.15) is 0 Å². The molecule has 110 valence electrons. The van der Waals surface area contributed by atoms with Crippen molar-refractivity contribution < 1.29 is 9.53 Å². The number of halogens is 1. The first-order chi connectivity index (χ1) is 10.1. The summed E-state index contributed by atoms with van der Waals surface area (Å²) in [5.74, 6) is -0.303. The van der Waals surface area contributed by atoms with Crippen molar-refractivity contribution in [1.29, 1.82) is 0 Å². The molecule has 0 bridgehead atoms. The van der Waals surface area contributed by atoms with Crippen molar-refractivity contribution in [3.8, 4) is 0 Å². The molecule has 2 aromatic carbocycles. The topological polar surface area (TPSA) is 38.3 Å². The number of rotatable bonds is 5. The van der Waals surface area contributed by atoms with E-state index in [-0.39, 0.29) is 5.97 Å². The second kappa shape index (κ2) is 7.14. The summed E-state index contributed by atoms with van der Waals surface area (Å²) in [6.45, 7) is 4.11. The summed E-state index contributed by atoms with van der Waals surface area (Å²) in [7, 11) is 0. The third-order valence-corrected chi connectivity index (χ3v) is 3.39. The van der Waals surface area contributed by atoms with Crippen LogP contribution in [0.1, 0.15) is 24.1 Å². The molecule has 4 heteroatoms.